The first-order valence-corrected chi connectivity index (χ1v) is 8.73. The molecule has 0 spiro atoms. The van der Waals surface area contributed by atoms with Gasteiger partial charge in [-0.05, 0) is 0 Å². The van der Waals surface area contributed by atoms with Gasteiger partial charge in [0.15, 0.2) is 17.7 Å². The first-order valence-electron chi connectivity index (χ1n) is 7.20. The molecule has 0 saturated heterocycles. The molecule has 0 saturated carbocycles. The minimum absolute atomic E-state index is 0.000120. The topological polar surface area (TPSA) is 161 Å². The summed E-state index contributed by atoms with van der Waals surface area (Å²) in [5.74, 6) is 0.513. The Hall–Kier alpha value is -1.66. The van der Waals surface area contributed by atoms with E-state index in [-0.39, 0.29) is 6.61 Å². The lowest BCUT2D eigenvalue weighted by Crippen LogP contribution is -2.30. The summed E-state index contributed by atoms with van der Waals surface area (Å²) in [5.41, 5.74) is 0.910. The zero-order chi connectivity index (χ0) is 18.4. The van der Waals surface area contributed by atoms with Crippen molar-refractivity contribution in [2.75, 3.05) is 39.3 Å². The minimum atomic E-state index is -4.65. The summed E-state index contributed by atoms with van der Waals surface area (Å²) in [7, 11) is -1.56. The predicted molar refractivity (Wildman–Crippen MR) is 85.7 cm³/mol. The van der Waals surface area contributed by atoms with Crippen molar-refractivity contribution in [3.8, 4) is 0 Å². The van der Waals surface area contributed by atoms with E-state index in [9.17, 15) is 9.67 Å². The van der Waals surface area contributed by atoms with Crippen LogP contribution in [0.1, 0.15) is 6.23 Å². The van der Waals surface area contributed by atoms with E-state index < -0.39 is 33.4 Å². The molecule has 0 amide bonds. The number of phosphoric ester groups is 1. The number of fused-ring (bicyclic) bond motifs is 1. The molecule has 0 unspecified atom stereocenters. The van der Waals surface area contributed by atoms with E-state index in [1.54, 1.807) is 7.05 Å². The van der Waals surface area contributed by atoms with Crippen molar-refractivity contribution in [2.24, 2.45) is 0 Å². The summed E-state index contributed by atoms with van der Waals surface area (Å²) in [4.78, 5) is 30.0. The van der Waals surface area contributed by atoms with Gasteiger partial charge in [0, 0.05) is 14.2 Å². The molecule has 2 heterocycles. The smallest absolute Gasteiger partial charge is 0.392 e. The average molecular weight is 377 g/mol. The molecule has 25 heavy (non-hydrogen) atoms. The van der Waals surface area contributed by atoms with E-state index in [1.165, 1.54) is 24.3 Å². The Labute approximate surface area is 143 Å². The fourth-order valence-electron chi connectivity index (χ4n) is 2.16. The van der Waals surface area contributed by atoms with Crippen LogP contribution in [0.15, 0.2) is 12.7 Å². The zero-order valence-electron chi connectivity index (χ0n) is 13.6. The van der Waals surface area contributed by atoms with Gasteiger partial charge in [-0.2, -0.15) is 0 Å². The maximum absolute atomic E-state index is 10.9. The molecule has 2 atom stereocenters. The number of nitrogens with one attached hydrogen (secondary N) is 1. The van der Waals surface area contributed by atoms with Crippen molar-refractivity contribution >= 4 is 24.8 Å². The quantitative estimate of drug-likeness (QED) is 0.395. The second kappa shape index (κ2) is 8.63. The molecule has 0 fully saturated rings. The highest BCUT2D eigenvalue weighted by Crippen LogP contribution is 2.36. The number of imidazole rings is 1. The van der Waals surface area contributed by atoms with Crippen molar-refractivity contribution in [2.45, 2.75) is 12.3 Å². The number of hydrogen-bond donors (Lipinski definition) is 4. The van der Waals surface area contributed by atoms with E-state index in [2.05, 4.69) is 24.8 Å². The third kappa shape index (κ3) is 5.16. The van der Waals surface area contributed by atoms with E-state index >= 15 is 0 Å². The number of hydrogen-bond acceptors (Lipinski definition) is 9. The van der Waals surface area contributed by atoms with Gasteiger partial charge in [0.1, 0.15) is 17.9 Å². The average Bonchev–Trinajstić information content (AvgIpc) is 3.00. The molecule has 0 aliphatic carbocycles. The number of aliphatic hydroxyl groups excluding tert-OH is 1. The summed E-state index contributed by atoms with van der Waals surface area (Å²) in [6, 6.07) is 0. The van der Waals surface area contributed by atoms with Gasteiger partial charge in [0.25, 0.3) is 0 Å². The van der Waals surface area contributed by atoms with Gasteiger partial charge in [-0.25, -0.2) is 19.5 Å². The molecule has 140 valence electrons. The highest BCUT2D eigenvalue weighted by Gasteiger charge is 2.24. The Morgan fingerprint density at radius 1 is 1.32 bits per heavy atom. The van der Waals surface area contributed by atoms with E-state index in [4.69, 9.17) is 19.3 Å². The summed E-state index contributed by atoms with van der Waals surface area (Å²) < 4.78 is 27.4. The van der Waals surface area contributed by atoms with Crippen LogP contribution in [0, 0.1) is 0 Å². The number of phosphoric acid groups is 1. The zero-order valence-corrected chi connectivity index (χ0v) is 14.5. The molecule has 0 bridgehead atoms. The van der Waals surface area contributed by atoms with Crippen molar-refractivity contribution in [1.82, 2.24) is 19.5 Å². The first-order chi connectivity index (χ1) is 11.9. The second-order valence-electron chi connectivity index (χ2n) is 4.93. The van der Waals surface area contributed by atoms with Crippen LogP contribution in [0.2, 0.25) is 0 Å². The number of anilines is 1. The molecular formula is C12H20N5O7P. The maximum atomic E-state index is 10.9. The van der Waals surface area contributed by atoms with E-state index in [1.807, 2.05) is 0 Å². The number of aromatic nitrogens is 4. The normalized spacial score (nSPS) is 14.6. The van der Waals surface area contributed by atoms with Crippen molar-refractivity contribution in [1.29, 1.82) is 0 Å². The molecule has 2 aromatic rings. The van der Waals surface area contributed by atoms with Gasteiger partial charge < -0.3 is 29.7 Å². The van der Waals surface area contributed by atoms with Gasteiger partial charge in [-0.3, -0.25) is 9.09 Å². The lowest BCUT2D eigenvalue weighted by atomic mass is 10.4. The third-order valence-electron chi connectivity index (χ3n) is 3.19. The van der Waals surface area contributed by atoms with Crippen LogP contribution in [0.25, 0.3) is 11.2 Å². The van der Waals surface area contributed by atoms with Crippen molar-refractivity contribution in [3.63, 3.8) is 0 Å². The fourth-order valence-corrected chi connectivity index (χ4v) is 2.52. The monoisotopic (exact) mass is 377 g/mol. The summed E-state index contributed by atoms with van der Waals surface area (Å²) >= 11 is 0. The fraction of sp³-hybridized carbons (Fsp3) is 0.583. The lowest BCUT2D eigenvalue weighted by molar-refractivity contribution is -0.114. The Morgan fingerprint density at radius 2 is 2.08 bits per heavy atom. The molecule has 0 radical (unpaired) electrons. The standard InChI is InChI=1S/C12H20N5O7P/c1-13-11-10-12(15-6-14-11)17(7-16-10)9(3-18)24-8(4-22-2)5-23-25(19,20)21/h6-9,18H,3-5H2,1-2H3,(H,13,14,15)(H2,19,20,21)/t8-,9+/m0/s1. The number of rotatable bonds is 10. The molecule has 0 aliphatic rings. The molecule has 4 N–H and O–H groups in total. The highest BCUT2D eigenvalue weighted by molar-refractivity contribution is 7.46. The van der Waals surface area contributed by atoms with Crippen LogP contribution in [-0.4, -0.2) is 74.5 Å². The number of aliphatic hydroxyl groups is 1. The molecule has 13 heteroatoms. The molecule has 12 nitrogen and oxygen atoms in total. The van der Waals surface area contributed by atoms with Gasteiger partial charge in [-0.1, -0.05) is 0 Å². The number of ether oxygens (including phenoxy) is 2. The SMILES string of the molecule is CNc1ncnc2c1ncn2[C@@H](CO)O[C@@H](COC)COP(=O)(O)O. The van der Waals surface area contributed by atoms with Crippen molar-refractivity contribution < 1.29 is 33.5 Å². The van der Waals surface area contributed by atoms with Crippen molar-refractivity contribution in [3.05, 3.63) is 12.7 Å². The number of methoxy groups -OCH3 is 1. The largest absolute Gasteiger partial charge is 0.469 e. The Balaban J connectivity index is 2.21. The molecule has 0 aliphatic heterocycles. The first kappa shape index (κ1) is 19.7. The van der Waals surface area contributed by atoms with Crippen LogP contribution in [0.4, 0.5) is 5.82 Å². The van der Waals surface area contributed by atoms with Crippen LogP contribution in [0.5, 0.6) is 0 Å². The van der Waals surface area contributed by atoms with Gasteiger partial charge >= 0.3 is 7.82 Å². The van der Waals surface area contributed by atoms with Crippen LogP contribution in [-0.2, 0) is 18.6 Å². The minimum Gasteiger partial charge on any atom is -0.392 e. The van der Waals surface area contributed by atoms with Crippen LogP contribution in [0.3, 0.4) is 0 Å². The van der Waals surface area contributed by atoms with Gasteiger partial charge in [0.05, 0.1) is 26.1 Å². The van der Waals surface area contributed by atoms with Gasteiger partial charge in [-0.15, -0.1) is 0 Å². The Kier molecular flexibility index (Phi) is 6.79. The lowest BCUT2D eigenvalue weighted by Gasteiger charge is -2.24. The third-order valence-corrected chi connectivity index (χ3v) is 3.68. The molecule has 0 aromatic carbocycles. The molecule has 2 aromatic heterocycles. The molecular weight excluding hydrogens is 357 g/mol. The maximum Gasteiger partial charge on any atom is 0.469 e. The van der Waals surface area contributed by atoms with Gasteiger partial charge in [0.2, 0.25) is 0 Å². The second-order valence-corrected chi connectivity index (χ2v) is 6.17. The van der Waals surface area contributed by atoms with Crippen LogP contribution < -0.4 is 5.32 Å². The van der Waals surface area contributed by atoms with E-state index in [0.29, 0.717) is 17.0 Å². The summed E-state index contributed by atoms with van der Waals surface area (Å²) in [6.45, 7) is -0.849. The highest BCUT2D eigenvalue weighted by atomic mass is 31.2. The Morgan fingerprint density at radius 3 is 2.68 bits per heavy atom. The van der Waals surface area contributed by atoms with E-state index in [0.717, 1.165) is 0 Å². The number of nitrogens with zero attached hydrogens (tertiary/aromatic N) is 4. The Bertz CT molecular complexity index is 736. The molecule has 2 rings (SSSR count). The summed E-state index contributed by atoms with van der Waals surface area (Å²) in [6.07, 6.45) is 1.02. The van der Waals surface area contributed by atoms with Crippen LogP contribution >= 0.6 is 7.82 Å². The predicted octanol–water partition coefficient (Wildman–Crippen LogP) is -0.500. The summed E-state index contributed by atoms with van der Waals surface area (Å²) in [5, 5.41) is 12.5.